The van der Waals surface area contributed by atoms with E-state index in [1.165, 1.54) is 13.0 Å². The number of carbonyl (C=O) groups is 2. The number of carboxylic acid groups (broad SMARTS) is 1. The summed E-state index contributed by atoms with van der Waals surface area (Å²) in [5.41, 5.74) is 0.733. The lowest BCUT2D eigenvalue weighted by Crippen LogP contribution is -2.10. The fourth-order valence-corrected chi connectivity index (χ4v) is 1.44. The van der Waals surface area contributed by atoms with Crippen LogP contribution >= 0.6 is 0 Å². The van der Waals surface area contributed by atoms with E-state index in [1.807, 2.05) is 13.8 Å². The lowest BCUT2D eigenvalue weighted by molar-refractivity contribution is -0.131. The molecule has 0 spiro atoms. The number of aromatic carboxylic acids is 1. The zero-order chi connectivity index (χ0) is 12.3. The van der Waals surface area contributed by atoms with Crippen molar-refractivity contribution in [3.63, 3.8) is 0 Å². The van der Waals surface area contributed by atoms with Gasteiger partial charge in [0, 0.05) is 6.92 Å². The highest BCUT2D eigenvalue weighted by atomic mass is 16.5. The average molecular weight is 222 g/mol. The van der Waals surface area contributed by atoms with Gasteiger partial charge in [0.1, 0.15) is 11.3 Å². The molecule has 0 amide bonds. The van der Waals surface area contributed by atoms with E-state index >= 15 is 0 Å². The minimum atomic E-state index is -1.10. The summed E-state index contributed by atoms with van der Waals surface area (Å²) in [6.07, 6.45) is 0. The van der Waals surface area contributed by atoms with Gasteiger partial charge in [-0.2, -0.15) is 0 Å². The lowest BCUT2D eigenvalue weighted by Gasteiger charge is -2.13. The van der Waals surface area contributed by atoms with Crippen molar-refractivity contribution in [2.24, 2.45) is 0 Å². The standard InChI is InChI=1S/C12H14O4/c1-7(2)9-5-4-6-10(12(14)15)11(9)16-8(3)13/h4-7H,1-3H3,(H,14,15). The van der Waals surface area contributed by atoms with E-state index in [2.05, 4.69) is 0 Å². The summed E-state index contributed by atoms with van der Waals surface area (Å²) >= 11 is 0. The van der Waals surface area contributed by atoms with Gasteiger partial charge in [0.25, 0.3) is 0 Å². The van der Waals surface area contributed by atoms with Crippen LogP contribution in [0.15, 0.2) is 18.2 Å². The van der Waals surface area contributed by atoms with Gasteiger partial charge in [0.15, 0.2) is 0 Å². The number of carboxylic acids is 1. The smallest absolute Gasteiger partial charge is 0.339 e. The molecule has 0 aliphatic carbocycles. The molecular formula is C12H14O4. The molecule has 1 aromatic rings. The predicted molar refractivity (Wildman–Crippen MR) is 58.8 cm³/mol. The van der Waals surface area contributed by atoms with Crippen LogP contribution in [0.25, 0.3) is 0 Å². The highest BCUT2D eigenvalue weighted by Crippen LogP contribution is 2.30. The van der Waals surface area contributed by atoms with Crippen molar-refractivity contribution in [3.8, 4) is 5.75 Å². The fourth-order valence-electron chi connectivity index (χ4n) is 1.44. The zero-order valence-corrected chi connectivity index (χ0v) is 9.48. The molecule has 0 saturated heterocycles. The van der Waals surface area contributed by atoms with E-state index in [0.717, 1.165) is 5.56 Å². The molecule has 4 nitrogen and oxygen atoms in total. The molecule has 0 heterocycles. The SMILES string of the molecule is CC(=O)Oc1c(C(=O)O)cccc1C(C)C. The zero-order valence-electron chi connectivity index (χ0n) is 9.48. The molecule has 16 heavy (non-hydrogen) atoms. The number of para-hydroxylation sites is 1. The Morgan fingerprint density at radius 2 is 1.94 bits per heavy atom. The van der Waals surface area contributed by atoms with Gasteiger partial charge in [-0.25, -0.2) is 4.79 Å². The highest BCUT2D eigenvalue weighted by Gasteiger charge is 2.18. The number of hydrogen-bond acceptors (Lipinski definition) is 3. The molecule has 86 valence electrons. The number of hydrogen-bond donors (Lipinski definition) is 1. The Bertz CT molecular complexity index is 421. The molecule has 0 aliphatic rings. The molecule has 0 aliphatic heterocycles. The Labute approximate surface area is 93.9 Å². The Kier molecular flexibility index (Phi) is 3.66. The molecule has 0 aromatic heterocycles. The second kappa shape index (κ2) is 4.79. The number of rotatable bonds is 3. The van der Waals surface area contributed by atoms with Crippen LogP contribution in [0.3, 0.4) is 0 Å². The summed E-state index contributed by atoms with van der Waals surface area (Å²) < 4.78 is 4.98. The maximum atomic E-state index is 11.0. The predicted octanol–water partition coefficient (Wildman–Crippen LogP) is 2.43. The summed E-state index contributed by atoms with van der Waals surface area (Å²) in [6, 6.07) is 4.83. The number of carbonyl (C=O) groups excluding carboxylic acids is 1. The second-order valence-corrected chi connectivity index (χ2v) is 3.78. The van der Waals surface area contributed by atoms with E-state index in [0.29, 0.717) is 0 Å². The monoisotopic (exact) mass is 222 g/mol. The average Bonchev–Trinajstić information content (AvgIpc) is 2.16. The molecule has 0 unspecified atom stereocenters. The second-order valence-electron chi connectivity index (χ2n) is 3.78. The first-order chi connectivity index (χ1) is 7.43. The highest BCUT2D eigenvalue weighted by molar-refractivity contribution is 5.92. The number of benzene rings is 1. The van der Waals surface area contributed by atoms with Crippen molar-refractivity contribution in [3.05, 3.63) is 29.3 Å². The molecule has 0 saturated carbocycles. The third kappa shape index (κ3) is 2.59. The summed E-state index contributed by atoms with van der Waals surface area (Å²) in [4.78, 5) is 21.9. The van der Waals surface area contributed by atoms with Crippen molar-refractivity contribution in [1.82, 2.24) is 0 Å². The quantitative estimate of drug-likeness (QED) is 0.630. The van der Waals surface area contributed by atoms with Crippen LogP contribution in [0.5, 0.6) is 5.75 Å². The van der Waals surface area contributed by atoms with Crippen LogP contribution in [-0.4, -0.2) is 17.0 Å². The minimum Gasteiger partial charge on any atom is -0.478 e. The molecule has 0 bridgehead atoms. The Balaban J connectivity index is 3.34. The largest absolute Gasteiger partial charge is 0.478 e. The normalized spacial score (nSPS) is 10.2. The van der Waals surface area contributed by atoms with Crippen molar-refractivity contribution < 1.29 is 19.4 Å². The fraction of sp³-hybridized carbons (Fsp3) is 0.333. The van der Waals surface area contributed by atoms with Gasteiger partial charge < -0.3 is 9.84 Å². The van der Waals surface area contributed by atoms with Gasteiger partial charge in [-0.3, -0.25) is 4.79 Å². The van der Waals surface area contributed by atoms with E-state index in [4.69, 9.17) is 9.84 Å². The topological polar surface area (TPSA) is 63.6 Å². The van der Waals surface area contributed by atoms with Crippen LogP contribution in [-0.2, 0) is 4.79 Å². The van der Waals surface area contributed by atoms with Crippen LogP contribution in [0.1, 0.15) is 42.6 Å². The van der Waals surface area contributed by atoms with E-state index in [9.17, 15) is 9.59 Å². The summed E-state index contributed by atoms with van der Waals surface area (Å²) in [5, 5.41) is 8.99. The Morgan fingerprint density at radius 3 is 2.38 bits per heavy atom. The lowest BCUT2D eigenvalue weighted by atomic mass is 9.99. The van der Waals surface area contributed by atoms with Crippen LogP contribution < -0.4 is 4.74 Å². The van der Waals surface area contributed by atoms with Gasteiger partial charge >= 0.3 is 11.9 Å². The van der Waals surface area contributed by atoms with Gasteiger partial charge in [0.05, 0.1) is 0 Å². The molecule has 1 rings (SSSR count). The first kappa shape index (κ1) is 12.2. The van der Waals surface area contributed by atoms with Crippen LogP contribution in [0, 0.1) is 0 Å². The van der Waals surface area contributed by atoms with Gasteiger partial charge in [0.2, 0.25) is 0 Å². The van der Waals surface area contributed by atoms with Crippen molar-refractivity contribution >= 4 is 11.9 Å². The molecule has 0 atom stereocenters. The molecule has 4 heteroatoms. The van der Waals surface area contributed by atoms with Gasteiger partial charge in [-0.15, -0.1) is 0 Å². The van der Waals surface area contributed by atoms with Crippen molar-refractivity contribution in [2.45, 2.75) is 26.7 Å². The summed E-state index contributed by atoms with van der Waals surface area (Å²) in [6.45, 7) is 5.07. The van der Waals surface area contributed by atoms with Gasteiger partial charge in [-0.1, -0.05) is 26.0 Å². The van der Waals surface area contributed by atoms with E-state index < -0.39 is 11.9 Å². The van der Waals surface area contributed by atoms with E-state index in [-0.39, 0.29) is 17.2 Å². The first-order valence-electron chi connectivity index (χ1n) is 4.98. The van der Waals surface area contributed by atoms with E-state index in [1.54, 1.807) is 12.1 Å². The molecular weight excluding hydrogens is 208 g/mol. The van der Waals surface area contributed by atoms with Crippen molar-refractivity contribution in [1.29, 1.82) is 0 Å². The summed E-state index contributed by atoms with van der Waals surface area (Å²) in [5.74, 6) is -1.37. The third-order valence-electron chi connectivity index (χ3n) is 2.14. The maximum absolute atomic E-state index is 11.0. The number of ether oxygens (including phenoxy) is 1. The number of esters is 1. The maximum Gasteiger partial charge on any atom is 0.339 e. The molecule has 1 aromatic carbocycles. The van der Waals surface area contributed by atoms with Crippen LogP contribution in [0.4, 0.5) is 0 Å². The third-order valence-corrected chi connectivity index (χ3v) is 2.14. The first-order valence-corrected chi connectivity index (χ1v) is 4.98. The Hall–Kier alpha value is -1.84. The van der Waals surface area contributed by atoms with Crippen LogP contribution in [0.2, 0.25) is 0 Å². The van der Waals surface area contributed by atoms with Gasteiger partial charge in [-0.05, 0) is 17.5 Å². The Morgan fingerprint density at radius 1 is 1.31 bits per heavy atom. The molecule has 1 N–H and O–H groups in total. The molecule has 0 radical (unpaired) electrons. The minimum absolute atomic E-state index is 0.0152. The molecule has 0 fully saturated rings. The summed E-state index contributed by atoms with van der Waals surface area (Å²) in [7, 11) is 0. The van der Waals surface area contributed by atoms with Crippen molar-refractivity contribution in [2.75, 3.05) is 0 Å².